The van der Waals surface area contributed by atoms with E-state index in [0.29, 0.717) is 15.6 Å². The van der Waals surface area contributed by atoms with Crippen molar-refractivity contribution in [3.63, 3.8) is 0 Å². The SMILES string of the molecule is N=C1C(=Cc2ccc(Br)o2)C(=O)N=C2SC(C34CC5CC(CC(C5)C3)C4)=NN12. The summed E-state index contributed by atoms with van der Waals surface area (Å²) in [5.74, 6) is 2.65. The molecule has 1 amide bonds. The van der Waals surface area contributed by atoms with Crippen LogP contribution < -0.4 is 0 Å². The summed E-state index contributed by atoms with van der Waals surface area (Å²) < 4.78 is 6.04. The monoisotopic (exact) mass is 458 g/mol. The van der Waals surface area contributed by atoms with Gasteiger partial charge in [-0.3, -0.25) is 10.2 Å². The van der Waals surface area contributed by atoms with E-state index in [4.69, 9.17) is 14.9 Å². The molecule has 1 aromatic rings. The van der Waals surface area contributed by atoms with Gasteiger partial charge in [0.1, 0.15) is 10.8 Å². The van der Waals surface area contributed by atoms with Gasteiger partial charge in [-0.25, -0.2) is 0 Å². The van der Waals surface area contributed by atoms with E-state index in [1.807, 2.05) is 0 Å². The Bertz CT molecular complexity index is 972. The van der Waals surface area contributed by atoms with E-state index in [0.717, 1.165) is 22.8 Å². The first-order valence-electron chi connectivity index (χ1n) is 9.75. The fourth-order valence-electron chi connectivity index (χ4n) is 6.13. The number of rotatable bonds is 2. The van der Waals surface area contributed by atoms with E-state index in [1.54, 1.807) is 23.2 Å². The lowest BCUT2D eigenvalue weighted by molar-refractivity contribution is -0.114. The van der Waals surface area contributed by atoms with Gasteiger partial charge < -0.3 is 4.42 Å². The normalized spacial score (nSPS) is 37.5. The maximum atomic E-state index is 12.6. The summed E-state index contributed by atoms with van der Waals surface area (Å²) in [5, 5.41) is 16.6. The van der Waals surface area contributed by atoms with Gasteiger partial charge in [0.15, 0.2) is 10.5 Å². The predicted octanol–water partition coefficient (Wildman–Crippen LogP) is 4.88. The second kappa shape index (κ2) is 5.92. The first kappa shape index (κ1) is 17.2. The summed E-state index contributed by atoms with van der Waals surface area (Å²) in [6.07, 6.45) is 9.31. The average molecular weight is 459 g/mol. The molecule has 28 heavy (non-hydrogen) atoms. The van der Waals surface area contributed by atoms with Crippen molar-refractivity contribution in [2.24, 2.45) is 33.3 Å². The Kier molecular flexibility index (Phi) is 3.64. The number of nitrogens with one attached hydrogen (secondary N) is 1. The summed E-state index contributed by atoms with van der Waals surface area (Å²) in [7, 11) is 0. The molecule has 4 aliphatic carbocycles. The Hall–Kier alpha value is -1.67. The van der Waals surface area contributed by atoms with Crippen LogP contribution in [-0.2, 0) is 4.79 Å². The van der Waals surface area contributed by atoms with Gasteiger partial charge in [-0.1, -0.05) is 0 Å². The molecule has 0 aromatic carbocycles. The Morgan fingerprint density at radius 3 is 2.50 bits per heavy atom. The van der Waals surface area contributed by atoms with Crippen molar-refractivity contribution < 1.29 is 9.21 Å². The molecule has 1 N–H and O–H groups in total. The van der Waals surface area contributed by atoms with Crippen molar-refractivity contribution in [1.29, 1.82) is 5.41 Å². The van der Waals surface area contributed by atoms with Crippen LogP contribution in [0, 0.1) is 28.6 Å². The lowest BCUT2D eigenvalue weighted by Gasteiger charge is -2.56. The van der Waals surface area contributed by atoms with Gasteiger partial charge in [0.05, 0.1) is 5.57 Å². The van der Waals surface area contributed by atoms with Gasteiger partial charge in [0, 0.05) is 5.41 Å². The third kappa shape index (κ3) is 2.53. The minimum Gasteiger partial charge on any atom is -0.450 e. The van der Waals surface area contributed by atoms with Crippen LogP contribution >= 0.6 is 27.7 Å². The molecule has 0 atom stereocenters. The van der Waals surface area contributed by atoms with Gasteiger partial charge in [0.25, 0.3) is 5.91 Å². The number of carbonyl (C=O) groups excluding carboxylic acids is 1. The lowest BCUT2D eigenvalue weighted by atomic mass is 9.50. The predicted molar refractivity (Wildman–Crippen MR) is 112 cm³/mol. The highest BCUT2D eigenvalue weighted by Crippen LogP contribution is 2.62. The molecule has 144 valence electrons. The summed E-state index contributed by atoms with van der Waals surface area (Å²) in [6, 6.07) is 3.51. The zero-order chi connectivity index (χ0) is 19.0. The molecule has 0 unspecified atom stereocenters. The third-order valence-corrected chi connectivity index (χ3v) is 8.41. The van der Waals surface area contributed by atoms with Gasteiger partial charge in [-0.15, -0.1) is 0 Å². The molecule has 2 aliphatic heterocycles. The fourth-order valence-corrected chi connectivity index (χ4v) is 7.56. The summed E-state index contributed by atoms with van der Waals surface area (Å²) in [6.45, 7) is 0. The summed E-state index contributed by atoms with van der Waals surface area (Å²) in [4.78, 5) is 16.8. The van der Waals surface area contributed by atoms with E-state index in [9.17, 15) is 4.79 Å². The van der Waals surface area contributed by atoms with Gasteiger partial charge in [0.2, 0.25) is 5.17 Å². The minimum atomic E-state index is -0.404. The molecule has 4 saturated carbocycles. The second-order valence-electron chi connectivity index (χ2n) is 8.76. The molecule has 3 heterocycles. The van der Waals surface area contributed by atoms with Crippen LogP contribution in [0.3, 0.4) is 0 Å². The Morgan fingerprint density at radius 2 is 1.89 bits per heavy atom. The zero-order valence-electron chi connectivity index (χ0n) is 15.2. The topological polar surface area (TPSA) is 82.0 Å². The number of hydrogen-bond acceptors (Lipinski definition) is 5. The second-order valence-corrected chi connectivity index (χ2v) is 10.5. The molecule has 0 spiro atoms. The van der Waals surface area contributed by atoms with Crippen molar-refractivity contribution in [3.8, 4) is 0 Å². The molecule has 8 heteroatoms. The van der Waals surface area contributed by atoms with Crippen LogP contribution in [0.25, 0.3) is 6.08 Å². The summed E-state index contributed by atoms with van der Waals surface area (Å²) in [5.41, 5.74) is 0.347. The Morgan fingerprint density at radius 1 is 1.21 bits per heavy atom. The van der Waals surface area contributed by atoms with Crippen molar-refractivity contribution in [2.45, 2.75) is 38.5 Å². The largest absolute Gasteiger partial charge is 0.450 e. The quantitative estimate of drug-likeness (QED) is 0.640. The molecule has 7 rings (SSSR count). The maximum absolute atomic E-state index is 12.6. The number of carbonyl (C=O) groups is 1. The van der Waals surface area contributed by atoms with E-state index in [2.05, 4.69) is 20.9 Å². The molecule has 4 fully saturated rings. The first-order valence-corrected chi connectivity index (χ1v) is 11.4. The molecule has 6 nitrogen and oxygen atoms in total. The number of hydrogen-bond donors (Lipinski definition) is 1. The molecular formula is C20H19BrN4O2S. The maximum Gasteiger partial charge on any atom is 0.283 e. The van der Waals surface area contributed by atoms with Crippen LogP contribution in [0.2, 0.25) is 0 Å². The third-order valence-electron chi connectivity index (χ3n) is 6.83. The number of thioether (sulfide) groups is 1. The van der Waals surface area contributed by atoms with Gasteiger partial charge in [-0.2, -0.15) is 15.1 Å². The number of fused-ring (bicyclic) bond motifs is 1. The number of amides is 1. The number of halogens is 1. The molecule has 0 saturated heterocycles. The van der Waals surface area contributed by atoms with Crippen LogP contribution in [0.5, 0.6) is 0 Å². The van der Waals surface area contributed by atoms with Crippen LogP contribution in [0.4, 0.5) is 0 Å². The Labute approximate surface area is 175 Å². The number of aliphatic imine (C=N–C) groups is 1. The minimum absolute atomic E-state index is 0.0785. The van der Waals surface area contributed by atoms with E-state index in [-0.39, 0.29) is 16.8 Å². The standard InChI is InChI=1S/C20H19BrN4O2S/c21-15-2-1-13(27-15)6-14-16(22)25-19(23-17(14)26)28-18(24-25)20-7-10-3-11(8-20)5-12(4-10)9-20/h1-2,6,10-12,22H,3-5,7-9H2. The highest BCUT2D eigenvalue weighted by Gasteiger charge is 2.55. The summed E-state index contributed by atoms with van der Waals surface area (Å²) >= 11 is 4.77. The van der Waals surface area contributed by atoms with E-state index < -0.39 is 5.91 Å². The number of hydrazone groups is 1. The van der Waals surface area contributed by atoms with Crippen LogP contribution in [-0.4, -0.2) is 27.0 Å². The van der Waals surface area contributed by atoms with E-state index in [1.165, 1.54) is 50.3 Å². The average Bonchev–Trinajstić information content (AvgIpc) is 3.24. The molecule has 4 bridgehead atoms. The smallest absolute Gasteiger partial charge is 0.283 e. The van der Waals surface area contributed by atoms with Gasteiger partial charge >= 0.3 is 0 Å². The lowest BCUT2D eigenvalue weighted by Crippen LogP contribution is -2.49. The van der Waals surface area contributed by atoms with Crippen molar-refractivity contribution in [3.05, 3.63) is 28.1 Å². The number of nitrogens with zero attached hydrogens (tertiary/aromatic N) is 3. The number of furan rings is 1. The van der Waals surface area contributed by atoms with Gasteiger partial charge in [-0.05, 0) is 102 Å². The molecule has 1 aromatic heterocycles. The van der Waals surface area contributed by atoms with Crippen molar-refractivity contribution >= 4 is 55.7 Å². The highest BCUT2D eigenvalue weighted by molar-refractivity contribution is 9.10. The zero-order valence-corrected chi connectivity index (χ0v) is 17.6. The first-order chi connectivity index (χ1) is 13.5. The van der Waals surface area contributed by atoms with Crippen LogP contribution in [0.15, 0.2) is 36.9 Å². The number of amidine groups is 2. The molecule has 0 radical (unpaired) electrons. The molecular weight excluding hydrogens is 440 g/mol. The van der Waals surface area contributed by atoms with E-state index >= 15 is 0 Å². The Balaban J connectivity index is 1.34. The highest BCUT2D eigenvalue weighted by atomic mass is 79.9. The molecule has 6 aliphatic rings. The van der Waals surface area contributed by atoms with Crippen molar-refractivity contribution in [2.75, 3.05) is 0 Å². The fraction of sp³-hybridized carbons (Fsp3) is 0.500. The van der Waals surface area contributed by atoms with Crippen LogP contribution in [0.1, 0.15) is 44.3 Å². The van der Waals surface area contributed by atoms with Crippen molar-refractivity contribution in [1.82, 2.24) is 5.01 Å².